The second-order valence-electron chi connectivity index (χ2n) is 7.30. The number of fused-ring (bicyclic) bond motifs is 1. The van der Waals surface area contributed by atoms with Crippen LogP contribution in [-0.2, 0) is 13.1 Å². The van der Waals surface area contributed by atoms with Crippen LogP contribution in [0.5, 0.6) is 0 Å². The highest BCUT2D eigenvalue weighted by molar-refractivity contribution is 5.94. The number of carbonyl (C=O) groups is 2. The molecule has 30 heavy (non-hydrogen) atoms. The Kier molecular flexibility index (Phi) is 5.73. The highest BCUT2D eigenvalue weighted by atomic mass is 19.4. The molecule has 3 amide bonds. The normalized spacial score (nSPS) is 17.3. The zero-order valence-corrected chi connectivity index (χ0v) is 16.5. The third-order valence-electron chi connectivity index (χ3n) is 4.98. The van der Waals surface area contributed by atoms with Crippen LogP contribution in [0, 0.1) is 12.7 Å². The van der Waals surface area contributed by atoms with Crippen LogP contribution in [0.2, 0.25) is 0 Å². The van der Waals surface area contributed by atoms with Gasteiger partial charge in [-0.1, -0.05) is 0 Å². The molecular formula is C19H21F4N5O2. The van der Waals surface area contributed by atoms with Crippen molar-refractivity contribution in [2.24, 2.45) is 0 Å². The van der Waals surface area contributed by atoms with Crippen molar-refractivity contribution in [1.29, 1.82) is 0 Å². The monoisotopic (exact) mass is 427 g/mol. The number of carbonyl (C=O) groups excluding carboxylic acids is 2. The number of nitrogens with one attached hydrogen (secondary N) is 2. The summed E-state index contributed by atoms with van der Waals surface area (Å²) in [5.74, 6) is -1.36. The number of hydrogen-bond acceptors (Lipinski definition) is 3. The smallest absolute Gasteiger partial charge is 0.339 e. The Balaban J connectivity index is 1.77. The number of urea groups is 1. The number of halogens is 4. The van der Waals surface area contributed by atoms with E-state index in [-0.39, 0.29) is 18.3 Å². The molecule has 2 aromatic rings. The molecule has 7 nitrogen and oxygen atoms in total. The van der Waals surface area contributed by atoms with Crippen LogP contribution in [0.25, 0.3) is 0 Å². The van der Waals surface area contributed by atoms with Crippen LogP contribution < -0.4 is 10.6 Å². The van der Waals surface area contributed by atoms with Gasteiger partial charge >= 0.3 is 12.2 Å². The molecular weight excluding hydrogens is 406 g/mol. The maximum atomic E-state index is 13.4. The van der Waals surface area contributed by atoms with Gasteiger partial charge in [-0.05, 0) is 44.5 Å². The molecule has 162 valence electrons. The summed E-state index contributed by atoms with van der Waals surface area (Å²) in [6, 6.07) is 1.38. The summed E-state index contributed by atoms with van der Waals surface area (Å²) < 4.78 is 53.3. The molecule has 1 aromatic carbocycles. The van der Waals surface area contributed by atoms with E-state index in [0.29, 0.717) is 23.5 Å². The lowest BCUT2D eigenvalue weighted by molar-refractivity contribution is -0.149. The first kappa shape index (κ1) is 21.6. The molecule has 0 aliphatic carbocycles. The lowest BCUT2D eigenvalue weighted by atomic mass is 10.1. The van der Waals surface area contributed by atoms with Crippen LogP contribution in [0.15, 0.2) is 24.5 Å². The molecule has 0 radical (unpaired) electrons. The zero-order chi connectivity index (χ0) is 22.2. The van der Waals surface area contributed by atoms with Gasteiger partial charge in [0.05, 0.1) is 18.6 Å². The van der Waals surface area contributed by atoms with Gasteiger partial charge in [0, 0.05) is 18.3 Å². The Morgan fingerprint density at radius 2 is 2.00 bits per heavy atom. The number of hydrogen-bond donors (Lipinski definition) is 2. The third-order valence-corrected chi connectivity index (χ3v) is 4.98. The Bertz CT molecular complexity index is 972. The number of alkyl halides is 3. The van der Waals surface area contributed by atoms with Gasteiger partial charge in [0.15, 0.2) is 5.69 Å². The van der Waals surface area contributed by atoms with Gasteiger partial charge < -0.3 is 20.1 Å². The lowest BCUT2D eigenvalue weighted by Crippen LogP contribution is -2.47. The molecule has 0 fully saturated rings. The van der Waals surface area contributed by atoms with Crippen molar-refractivity contribution in [3.05, 3.63) is 47.3 Å². The Morgan fingerprint density at radius 3 is 2.63 bits per heavy atom. The molecule has 0 spiro atoms. The molecule has 11 heteroatoms. The summed E-state index contributed by atoms with van der Waals surface area (Å²) in [7, 11) is 0. The highest BCUT2D eigenvalue weighted by Crippen LogP contribution is 2.24. The largest absolute Gasteiger partial charge is 0.408 e. The SMILES string of the molecule is Cc1cc(NC(=O)N2Cc3c(C(=O)N[C@H](C)C(F)(F)F)ncn3C[C@@H]2C)ccc1F. The molecule has 0 saturated heterocycles. The third kappa shape index (κ3) is 4.39. The Hall–Kier alpha value is -3.11. The standard InChI is InChI=1S/C19H21F4N5O2/c1-10-6-13(4-5-14(10)20)26-18(30)28-8-15-16(24-9-27(15)7-11(28)2)17(29)25-12(3)19(21,22)23/h4-6,9,11-12H,7-8H2,1-3H3,(H,25,29)(H,26,30)/t11-,12+/m0/s1. The van der Waals surface area contributed by atoms with Crippen LogP contribution in [0.4, 0.5) is 28.0 Å². The van der Waals surface area contributed by atoms with Crippen molar-refractivity contribution in [1.82, 2.24) is 19.8 Å². The minimum absolute atomic E-state index is 0.0175. The number of aromatic nitrogens is 2. The van der Waals surface area contributed by atoms with Gasteiger partial charge in [-0.2, -0.15) is 13.2 Å². The van der Waals surface area contributed by atoms with Crippen molar-refractivity contribution in [2.75, 3.05) is 5.32 Å². The second-order valence-corrected chi connectivity index (χ2v) is 7.30. The molecule has 0 unspecified atom stereocenters. The number of imidazole rings is 1. The van der Waals surface area contributed by atoms with Crippen LogP contribution in [-0.4, -0.2) is 44.6 Å². The van der Waals surface area contributed by atoms with E-state index in [0.717, 1.165) is 6.92 Å². The van der Waals surface area contributed by atoms with Crippen LogP contribution >= 0.6 is 0 Å². The minimum Gasteiger partial charge on any atom is -0.339 e. The van der Waals surface area contributed by atoms with Gasteiger partial charge in [-0.15, -0.1) is 0 Å². The summed E-state index contributed by atoms with van der Waals surface area (Å²) >= 11 is 0. The number of anilines is 1. The average Bonchev–Trinajstić information content (AvgIpc) is 3.05. The molecule has 0 saturated carbocycles. The molecule has 2 heterocycles. The number of amides is 3. The van der Waals surface area contributed by atoms with Gasteiger partial charge in [-0.3, -0.25) is 4.79 Å². The van der Waals surface area contributed by atoms with E-state index in [1.54, 1.807) is 18.4 Å². The van der Waals surface area contributed by atoms with E-state index < -0.39 is 30.0 Å². The minimum atomic E-state index is -4.58. The summed E-state index contributed by atoms with van der Waals surface area (Å²) in [5.41, 5.74) is 0.955. The quantitative estimate of drug-likeness (QED) is 0.737. The van der Waals surface area contributed by atoms with Crippen molar-refractivity contribution >= 4 is 17.6 Å². The fraction of sp³-hybridized carbons (Fsp3) is 0.421. The Morgan fingerprint density at radius 1 is 1.30 bits per heavy atom. The molecule has 0 bridgehead atoms. The first-order valence-corrected chi connectivity index (χ1v) is 9.22. The average molecular weight is 427 g/mol. The van der Waals surface area contributed by atoms with Crippen LogP contribution in [0.1, 0.15) is 35.6 Å². The van der Waals surface area contributed by atoms with Crippen molar-refractivity contribution in [3.8, 4) is 0 Å². The molecule has 1 aliphatic rings. The summed E-state index contributed by atoms with van der Waals surface area (Å²) in [6.45, 7) is 4.51. The molecule has 1 aliphatic heterocycles. The fourth-order valence-corrected chi connectivity index (χ4v) is 3.16. The highest BCUT2D eigenvalue weighted by Gasteiger charge is 2.38. The first-order valence-electron chi connectivity index (χ1n) is 9.22. The number of aryl methyl sites for hydroxylation is 1. The molecule has 1 aromatic heterocycles. The summed E-state index contributed by atoms with van der Waals surface area (Å²) in [6.07, 6.45) is -3.21. The van der Waals surface area contributed by atoms with E-state index in [1.165, 1.54) is 29.4 Å². The van der Waals surface area contributed by atoms with E-state index in [1.807, 2.05) is 5.32 Å². The van der Waals surface area contributed by atoms with Gasteiger partial charge in [-0.25, -0.2) is 14.2 Å². The molecule has 3 rings (SSSR count). The predicted molar refractivity (Wildman–Crippen MR) is 100 cm³/mol. The van der Waals surface area contributed by atoms with Gasteiger partial charge in [0.25, 0.3) is 5.91 Å². The maximum Gasteiger partial charge on any atom is 0.408 e. The first-order chi connectivity index (χ1) is 14.0. The topological polar surface area (TPSA) is 79.3 Å². The second kappa shape index (κ2) is 7.96. The summed E-state index contributed by atoms with van der Waals surface area (Å²) in [5, 5.41) is 4.56. The fourth-order valence-electron chi connectivity index (χ4n) is 3.16. The van der Waals surface area contributed by atoms with E-state index in [4.69, 9.17) is 0 Å². The van der Waals surface area contributed by atoms with E-state index in [2.05, 4.69) is 10.3 Å². The summed E-state index contributed by atoms with van der Waals surface area (Å²) in [4.78, 5) is 30.4. The van der Waals surface area contributed by atoms with Crippen LogP contribution in [0.3, 0.4) is 0 Å². The molecule has 2 N–H and O–H groups in total. The van der Waals surface area contributed by atoms with Crippen molar-refractivity contribution < 1.29 is 27.2 Å². The number of rotatable bonds is 3. The predicted octanol–water partition coefficient (Wildman–Crippen LogP) is 3.45. The number of nitrogens with zero attached hydrogens (tertiary/aromatic N) is 3. The van der Waals surface area contributed by atoms with Crippen molar-refractivity contribution in [3.63, 3.8) is 0 Å². The maximum absolute atomic E-state index is 13.4. The van der Waals surface area contributed by atoms with E-state index >= 15 is 0 Å². The Labute approximate surface area is 170 Å². The number of benzene rings is 1. The van der Waals surface area contributed by atoms with Gasteiger partial charge in [0.2, 0.25) is 0 Å². The zero-order valence-electron chi connectivity index (χ0n) is 16.5. The molecule has 2 atom stereocenters. The van der Waals surface area contributed by atoms with Crippen molar-refractivity contribution in [2.45, 2.75) is 52.1 Å². The van der Waals surface area contributed by atoms with Gasteiger partial charge in [0.1, 0.15) is 11.9 Å². The lowest BCUT2D eigenvalue weighted by Gasteiger charge is -2.34. The van der Waals surface area contributed by atoms with E-state index in [9.17, 15) is 27.2 Å².